The first kappa shape index (κ1) is 21.4. The summed E-state index contributed by atoms with van der Waals surface area (Å²) < 4.78 is 40.3. The predicted octanol–water partition coefficient (Wildman–Crippen LogP) is 3.84. The largest absolute Gasteiger partial charge is 0.493 e. The van der Waals surface area contributed by atoms with Crippen molar-refractivity contribution < 1.29 is 32.5 Å². The number of methoxy groups -OCH3 is 3. The molecule has 0 N–H and O–H groups in total. The van der Waals surface area contributed by atoms with Gasteiger partial charge in [0, 0.05) is 16.1 Å². The van der Waals surface area contributed by atoms with Crippen LogP contribution < -0.4 is 14.2 Å². The van der Waals surface area contributed by atoms with Crippen LogP contribution in [0.15, 0.2) is 34.7 Å². The fourth-order valence-electron chi connectivity index (χ4n) is 2.67. The van der Waals surface area contributed by atoms with Gasteiger partial charge in [0.25, 0.3) is 5.89 Å². The molecule has 0 unspecified atom stereocenters. The van der Waals surface area contributed by atoms with Crippen LogP contribution >= 0.6 is 11.6 Å². The van der Waals surface area contributed by atoms with Crippen molar-refractivity contribution in [3.05, 3.63) is 52.6 Å². The fourth-order valence-corrected chi connectivity index (χ4v) is 2.90. The molecule has 10 heteroatoms. The van der Waals surface area contributed by atoms with Gasteiger partial charge in [0.2, 0.25) is 11.6 Å². The third-order valence-corrected chi connectivity index (χ3v) is 4.47. The Morgan fingerprint density at radius 2 is 1.80 bits per heavy atom. The van der Waals surface area contributed by atoms with Crippen molar-refractivity contribution in [3.63, 3.8) is 0 Å². The van der Waals surface area contributed by atoms with Gasteiger partial charge < -0.3 is 23.4 Å². The molecule has 30 heavy (non-hydrogen) atoms. The average molecular weight is 437 g/mol. The zero-order chi connectivity index (χ0) is 21.7. The number of halogens is 2. The van der Waals surface area contributed by atoms with Crippen molar-refractivity contribution in [2.75, 3.05) is 21.3 Å². The number of hydrogen-bond donors (Lipinski definition) is 0. The van der Waals surface area contributed by atoms with Crippen LogP contribution in [0, 0.1) is 5.82 Å². The van der Waals surface area contributed by atoms with E-state index in [4.69, 9.17) is 35.0 Å². The van der Waals surface area contributed by atoms with E-state index < -0.39 is 11.8 Å². The monoisotopic (exact) mass is 436 g/mol. The van der Waals surface area contributed by atoms with Crippen LogP contribution in [0.3, 0.4) is 0 Å². The Bertz CT molecular complexity index is 1010. The molecule has 0 aliphatic carbocycles. The lowest BCUT2D eigenvalue weighted by atomic mass is 10.1. The minimum Gasteiger partial charge on any atom is -0.493 e. The lowest BCUT2D eigenvalue weighted by molar-refractivity contribution is -0.144. The summed E-state index contributed by atoms with van der Waals surface area (Å²) >= 11 is 5.91. The Morgan fingerprint density at radius 1 is 1.10 bits per heavy atom. The van der Waals surface area contributed by atoms with E-state index in [1.165, 1.54) is 39.5 Å². The van der Waals surface area contributed by atoms with E-state index >= 15 is 0 Å². The van der Waals surface area contributed by atoms with E-state index in [-0.39, 0.29) is 35.4 Å². The Hall–Kier alpha value is -3.33. The number of ether oxygens (including phenoxy) is 4. The first-order valence-electron chi connectivity index (χ1n) is 8.68. The Labute approximate surface area is 176 Å². The topological polar surface area (TPSA) is 92.9 Å². The fraction of sp³-hybridized carbons (Fsp3) is 0.250. The van der Waals surface area contributed by atoms with Crippen molar-refractivity contribution in [2.45, 2.75) is 13.0 Å². The highest BCUT2D eigenvalue weighted by molar-refractivity contribution is 6.31. The minimum atomic E-state index is -0.686. The van der Waals surface area contributed by atoms with E-state index in [1.807, 2.05) is 0 Å². The molecule has 0 saturated heterocycles. The quantitative estimate of drug-likeness (QED) is 0.492. The zero-order valence-corrected chi connectivity index (χ0v) is 17.2. The summed E-state index contributed by atoms with van der Waals surface area (Å²) in [4.78, 5) is 12.0. The molecule has 0 amide bonds. The smallest absolute Gasteiger partial charge is 0.310 e. The number of aromatic nitrogens is 2. The third-order valence-electron chi connectivity index (χ3n) is 4.12. The van der Waals surface area contributed by atoms with Crippen LogP contribution in [0.4, 0.5) is 4.39 Å². The molecule has 0 aliphatic heterocycles. The van der Waals surface area contributed by atoms with Gasteiger partial charge in [-0.1, -0.05) is 17.7 Å². The molecule has 0 bridgehead atoms. The lowest BCUT2D eigenvalue weighted by Crippen LogP contribution is -2.09. The van der Waals surface area contributed by atoms with Gasteiger partial charge in [0.1, 0.15) is 5.82 Å². The molecule has 0 aliphatic rings. The molecule has 3 aromatic rings. The summed E-state index contributed by atoms with van der Waals surface area (Å²) in [5.41, 5.74) is 0.584. The van der Waals surface area contributed by atoms with Crippen molar-refractivity contribution in [1.82, 2.24) is 10.2 Å². The number of hydrogen-bond acceptors (Lipinski definition) is 8. The summed E-state index contributed by atoms with van der Waals surface area (Å²) in [6.07, 6.45) is -0.320. The first-order chi connectivity index (χ1) is 14.5. The second-order valence-corrected chi connectivity index (χ2v) is 6.36. The highest BCUT2D eigenvalue weighted by Gasteiger charge is 2.19. The summed E-state index contributed by atoms with van der Waals surface area (Å²) in [7, 11) is 4.47. The molecule has 0 radical (unpaired) electrons. The van der Waals surface area contributed by atoms with Crippen LogP contribution in [-0.2, 0) is 22.6 Å². The van der Waals surface area contributed by atoms with Gasteiger partial charge in [-0.15, -0.1) is 10.2 Å². The Morgan fingerprint density at radius 3 is 2.40 bits per heavy atom. The summed E-state index contributed by atoms with van der Waals surface area (Å²) in [6, 6.07) is 7.45. The van der Waals surface area contributed by atoms with Gasteiger partial charge in [-0.3, -0.25) is 4.79 Å². The summed E-state index contributed by atoms with van der Waals surface area (Å²) in [5, 5.41) is 7.94. The first-order valence-corrected chi connectivity index (χ1v) is 9.05. The number of benzene rings is 2. The standard InChI is InChI=1S/C20H18ClFN2O6/c1-26-15-7-11(8-16(27-2)19(15)28-3)20-24-23-17(30-20)10-29-18(25)9-12-13(21)5-4-6-14(12)22/h4-8H,9-10H2,1-3H3. The lowest BCUT2D eigenvalue weighted by Gasteiger charge is -2.12. The number of esters is 1. The van der Waals surface area contributed by atoms with Gasteiger partial charge >= 0.3 is 5.97 Å². The zero-order valence-electron chi connectivity index (χ0n) is 16.4. The van der Waals surface area contributed by atoms with E-state index in [1.54, 1.807) is 12.1 Å². The van der Waals surface area contributed by atoms with Crippen LogP contribution in [0.2, 0.25) is 5.02 Å². The van der Waals surface area contributed by atoms with Crippen LogP contribution in [0.1, 0.15) is 11.5 Å². The minimum absolute atomic E-state index is 0.0618. The third kappa shape index (κ3) is 4.62. The van der Waals surface area contributed by atoms with Crippen LogP contribution in [-0.4, -0.2) is 37.5 Å². The normalized spacial score (nSPS) is 10.6. The van der Waals surface area contributed by atoms with Crippen molar-refractivity contribution in [3.8, 4) is 28.7 Å². The van der Waals surface area contributed by atoms with E-state index in [9.17, 15) is 9.18 Å². The van der Waals surface area contributed by atoms with Crippen molar-refractivity contribution in [2.24, 2.45) is 0 Å². The maximum Gasteiger partial charge on any atom is 0.310 e. The van der Waals surface area contributed by atoms with Gasteiger partial charge in [0.15, 0.2) is 18.1 Å². The van der Waals surface area contributed by atoms with Gasteiger partial charge in [-0.05, 0) is 24.3 Å². The molecule has 0 spiro atoms. The van der Waals surface area contributed by atoms with Crippen LogP contribution in [0.5, 0.6) is 17.2 Å². The molecular formula is C20H18ClFN2O6. The molecule has 158 valence electrons. The van der Waals surface area contributed by atoms with Gasteiger partial charge in [0.05, 0.1) is 27.8 Å². The van der Waals surface area contributed by atoms with Gasteiger partial charge in [-0.2, -0.15) is 0 Å². The number of carbonyl (C=O) groups is 1. The van der Waals surface area contributed by atoms with Crippen molar-refractivity contribution in [1.29, 1.82) is 0 Å². The molecule has 2 aromatic carbocycles. The molecular weight excluding hydrogens is 419 g/mol. The molecule has 8 nitrogen and oxygen atoms in total. The van der Waals surface area contributed by atoms with Crippen molar-refractivity contribution >= 4 is 17.6 Å². The summed E-state index contributed by atoms with van der Waals surface area (Å²) in [5.74, 6) is 0.212. The maximum atomic E-state index is 13.8. The second-order valence-electron chi connectivity index (χ2n) is 5.95. The Balaban J connectivity index is 1.70. The Kier molecular flexibility index (Phi) is 6.73. The SMILES string of the molecule is COc1cc(-c2nnc(COC(=O)Cc3c(F)cccc3Cl)o2)cc(OC)c1OC. The molecule has 0 fully saturated rings. The molecule has 3 rings (SSSR count). The highest BCUT2D eigenvalue weighted by atomic mass is 35.5. The van der Waals surface area contributed by atoms with E-state index in [0.717, 1.165) is 0 Å². The highest BCUT2D eigenvalue weighted by Crippen LogP contribution is 2.40. The van der Waals surface area contributed by atoms with E-state index in [0.29, 0.717) is 22.8 Å². The molecule has 1 heterocycles. The van der Waals surface area contributed by atoms with E-state index in [2.05, 4.69) is 10.2 Å². The van der Waals surface area contributed by atoms with Gasteiger partial charge in [-0.25, -0.2) is 4.39 Å². The number of rotatable bonds is 8. The number of carbonyl (C=O) groups excluding carboxylic acids is 1. The van der Waals surface area contributed by atoms with Crippen LogP contribution in [0.25, 0.3) is 11.5 Å². The average Bonchev–Trinajstić information content (AvgIpc) is 3.23. The predicted molar refractivity (Wildman–Crippen MR) is 104 cm³/mol. The second kappa shape index (κ2) is 9.45. The maximum absolute atomic E-state index is 13.8. The molecule has 0 saturated carbocycles. The molecule has 1 aromatic heterocycles. The molecule has 0 atom stereocenters. The number of nitrogens with zero attached hydrogens (tertiary/aromatic N) is 2. The summed E-state index contributed by atoms with van der Waals surface area (Å²) in [6.45, 7) is -0.275.